The van der Waals surface area contributed by atoms with Gasteiger partial charge in [0.05, 0.1) is 12.5 Å². The van der Waals surface area contributed by atoms with Crippen molar-refractivity contribution in [1.82, 2.24) is 5.32 Å². The Morgan fingerprint density at radius 1 is 1.27 bits per heavy atom. The Balaban J connectivity index is 2.53. The van der Waals surface area contributed by atoms with Gasteiger partial charge in [-0.1, -0.05) is 30.3 Å². The van der Waals surface area contributed by atoms with E-state index in [9.17, 15) is 9.59 Å². The molecule has 1 N–H and O–H groups in total. The summed E-state index contributed by atoms with van der Waals surface area (Å²) in [6.45, 7) is 3.31. The summed E-state index contributed by atoms with van der Waals surface area (Å²) in [5.74, 6) is -0.341. The van der Waals surface area contributed by atoms with E-state index in [1.165, 1.54) is 6.92 Å². The lowest BCUT2D eigenvalue weighted by Gasteiger charge is -2.13. The smallest absolute Gasteiger partial charge is 0.227 e. The maximum absolute atomic E-state index is 11.3. The van der Waals surface area contributed by atoms with Gasteiger partial charge in [0.1, 0.15) is 5.78 Å². The fourth-order valence-corrected chi connectivity index (χ4v) is 1.34. The molecule has 0 spiro atoms. The van der Waals surface area contributed by atoms with Gasteiger partial charge in [0.2, 0.25) is 5.91 Å². The fraction of sp³-hybridized carbons (Fsp3) is 0.333. The molecule has 1 aromatic rings. The van der Waals surface area contributed by atoms with Gasteiger partial charge in [-0.3, -0.25) is 9.59 Å². The second-order valence-corrected chi connectivity index (χ2v) is 3.58. The van der Waals surface area contributed by atoms with Gasteiger partial charge in [0.15, 0.2) is 0 Å². The lowest BCUT2D eigenvalue weighted by Crippen LogP contribution is -2.27. The zero-order valence-corrected chi connectivity index (χ0v) is 8.99. The topological polar surface area (TPSA) is 46.2 Å². The van der Waals surface area contributed by atoms with Crippen LogP contribution < -0.4 is 5.32 Å². The Morgan fingerprint density at radius 2 is 1.87 bits per heavy atom. The van der Waals surface area contributed by atoms with Gasteiger partial charge in [0.25, 0.3) is 0 Å². The molecule has 0 fully saturated rings. The van der Waals surface area contributed by atoms with E-state index >= 15 is 0 Å². The Labute approximate surface area is 89.5 Å². The van der Waals surface area contributed by atoms with Crippen LogP contribution in [-0.2, 0) is 9.59 Å². The lowest BCUT2D eigenvalue weighted by atomic mass is 10.1. The summed E-state index contributed by atoms with van der Waals surface area (Å²) in [5.41, 5.74) is 1.04. The first-order chi connectivity index (χ1) is 7.09. The number of carbonyl (C=O) groups is 2. The van der Waals surface area contributed by atoms with Crippen LogP contribution in [0.1, 0.15) is 31.9 Å². The van der Waals surface area contributed by atoms with Crippen molar-refractivity contribution >= 4 is 11.7 Å². The maximum atomic E-state index is 11.3. The van der Waals surface area contributed by atoms with Crippen LogP contribution in [0.15, 0.2) is 30.3 Å². The van der Waals surface area contributed by atoms with Crippen LogP contribution in [0.2, 0.25) is 0 Å². The third kappa shape index (κ3) is 3.94. The molecule has 0 saturated carbocycles. The molecule has 15 heavy (non-hydrogen) atoms. The predicted octanol–water partition coefficient (Wildman–Crippen LogP) is 1.84. The molecule has 3 nitrogen and oxygen atoms in total. The van der Waals surface area contributed by atoms with Crippen molar-refractivity contribution in [1.29, 1.82) is 0 Å². The summed E-state index contributed by atoms with van der Waals surface area (Å²) in [7, 11) is 0. The molecule has 1 atom stereocenters. The van der Waals surface area contributed by atoms with Crippen LogP contribution >= 0.6 is 0 Å². The van der Waals surface area contributed by atoms with E-state index in [-0.39, 0.29) is 24.2 Å². The number of benzene rings is 1. The van der Waals surface area contributed by atoms with Crippen LogP contribution in [0.5, 0.6) is 0 Å². The first-order valence-corrected chi connectivity index (χ1v) is 4.93. The first-order valence-electron chi connectivity index (χ1n) is 4.93. The van der Waals surface area contributed by atoms with Crippen molar-refractivity contribution in [2.75, 3.05) is 0 Å². The molecule has 80 valence electrons. The van der Waals surface area contributed by atoms with Gasteiger partial charge in [-0.15, -0.1) is 0 Å². The van der Waals surface area contributed by atoms with Crippen LogP contribution in [0.4, 0.5) is 0 Å². The average molecular weight is 205 g/mol. The van der Waals surface area contributed by atoms with Gasteiger partial charge in [-0.2, -0.15) is 0 Å². The number of ketones is 1. The number of hydrogen-bond donors (Lipinski definition) is 1. The number of amides is 1. The summed E-state index contributed by atoms with van der Waals surface area (Å²) in [5, 5.41) is 2.77. The normalized spacial score (nSPS) is 11.9. The third-order valence-electron chi connectivity index (χ3n) is 2.09. The highest BCUT2D eigenvalue weighted by molar-refractivity contribution is 5.96. The lowest BCUT2D eigenvalue weighted by molar-refractivity contribution is -0.127. The number of carbonyl (C=O) groups excluding carboxylic acids is 2. The van der Waals surface area contributed by atoms with Crippen molar-refractivity contribution < 1.29 is 9.59 Å². The van der Waals surface area contributed by atoms with Crippen LogP contribution in [-0.4, -0.2) is 11.7 Å². The quantitative estimate of drug-likeness (QED) is 0.762. The molecule has 0 aliphatic heterocycles. The molecule has 0 radical (unpaired) electrons. The van der Waals surface area contributed by atoms with E-state index < -0.39 is 0 Å². The molecule has 0 saturated heterocycles. The molecule has 0 aliphatic carbocycles. The van der Waals surface area contributed by atoms with Crippen molar-refractivity contribution in [2.45, 2.75) is 26.3 Å². The number of nitrogens with one attached hydrogen (secondary N) is 1. The number of rotatable bonds is 4. The third-order valence-corrected chi connectivity index (χ3v) is 2.09. The van der Waals surface area contributed by atoms with E-state index in [0.29, 0.717) is 0 Å². The molecule has 1 rings (SSSR count). The van der Waals surface area contributed by atoms with Gasteiger partial charge in [0, 0.05) is 0 Å². The second kappa shape index (κ2) is 5.29. The minimum atomic E-state index is -0.223. The van der Waals surface area contributed by atoms with Crippen LogP contribution in [0.3, 0.4) is 0 Å². The summed E-state index contributed by atoms with van der Waals surface area (Å²) in [4.78, 5) is 22.0. The molecule has 0 aromatic heterocycles. The van der Waals surface area contributed by atoms with Crippen molar-refractivity contribution in [3.05, 3.63) is 35.9 Å². The largest absolute Gasteiger partial charge is 0.349 e. The van der Waals surface area contributed by atoms with E-state index in [1.54, 1.807) is 0 Å². The van der Waals surface area contributed by atoms with Crippen LogP contribution in [0, 0.1) is 0 Å². The molecule has 0 unspecified atom stereocenters. The standard InChI is InChI=1S/C12H15NO2/c1-9(14)8-12(15)13-10(2)11-6-4-3-5-7-11/h3-7,10H,8H2,1-2H3,(H,13,15)/t10-/m1/s1. The Hall–Kier alpha value is -1.64. The van der Waals surface area contributed by atoms with E-state index in [2.05, 4.69) is 5.32 Å². The number of hydrogen-bond acceptors (Lipinski definition) is 2. The van der Waals surface area contributed by atoms with Gasteiger partial charge >= 0.3 is 0 Å². The predicted molar refractivity (Wildman–Crippen MR) is 58.3 cm³/mol. The fourth-order valence-electron chi connectivity index (χ4n) is 1.34. The first kappa shape index (κ1) is 11.4. The molecule has 0 heterocycles. The van der Waals surface area contributed by atoms with E-state index in [1.807, 2.05) is 37.3 Å². The molecule has 0 aliphatic rings. The Bertz CT molecular complexity index is 346. The summed E-state index contributed by atoms with van der Waals surface area (Å²) >= 11 is 0. The van der Waals surface area contributed by atoms with Gasteiger partial charge < -0.3 is 5.32 Å². The highest BCUT2D eigenvalue weighted by atomic mass is 16.2. The van der Waals surface area contributed by atoms with Crippen molar-refractivity contribution in [3.8, 4) is 0 Å². The van der Waals surface area contributed by atoms with Gasteiger partial charge in [-0.05, 0) is 19.4 Å². The maximum Gasteiger partial charge on any atom is 0.227 e. The summed E-state index contributed by atoms with van der Waals surface area (Å²) in [6.07, 6.45) is -0.0445. The van der Waals surface area contributed by atoms with Crippen molar-refractivity contribution in [2.24, 2.45) is 0 Å². The zero-order valence-electron chi connectivity index (χ0n) is 8.99. The molecule has 1 amide bonds. The monoisotopic (exact) mass is 205 g/mol. The Kier molecular flexibility index (Phi) is 4.03. The van der Waals surface area contributed by atoms with Crippen LogP contribution in [0.25, 0.3) is 0 Å². The van der Waals surface area contributed by atoms with E-state index in [4.69, 9.17) is 0 Å². The minimum Gasteiger partial charge on any atom is -0.349 e. The van der Waals surface area contributed by atoms with E-state index in [0.717, 1.165) is 5.56 Å². The summed E-state index contributed by atoms with van der Waals surface area (Å²) in [6, 6.07) is 9.59. The Morgan fingerprint density at radius 3 is 2.40 bits per heavy atom. The highest BCUT2D eigenvalue weighted by Crippen LogP contribution is 2.10. The summed E-state index contributed by atoms with van der Waals surface area (Å²) < 4.78 is 0. The molecule has 0 bridgehead atoms. The SMILES string of the molecule is CC(=O)CC(=O)N[C@H](C)c1ccccc1. The minimum absolute atomic E-state index is 0.0445. The molecule has 1 aromatic carbocycles. The molecule has 3 heteroatoms. The highest BCUT2D eigenvalue weighted by Gasteiger charge is 2.10. The number of Topliss-reactive ketones (excluding diaryl/α,β-unsaturated/α-hetero) is 1. The molecular weight excluding hydrogens is 190 g/mol. The zero-order chi connectivity index (χ0) is 11.3. The molecular formula is C12H15NO2. The average Bonchev–Trinajstić information content (AvgIpc) is 2.17. The second-order valence-electron chi connectivity index (χ2n) is 3.58. The van der Waals surface area contributed by atoms with Gasteiger partial charge in [-0.25, -0.2) is 0 Å². The van der Waals surface area contributed by atoms with Crippen molar-refractivity contribution in [3.63, 3.8) is 0 Å².